The molecule has 1 saturated heterocycles. The second kappa shape index (κ2) is 6.37. The molecule has 0 spiro atoms. The molecule has 18 heavy (non-hydrogen) atoms. The number of aliphatic carboxylic acids is 1. The third-order valence-corrected chi connectivity index (χ3v) is 3.38. The zero-order valence-corrected chi connectivity index (χ0v) is 10.8. The van der Waals surface area contributed by atoms with Crippen molar-refractivity contribution in [2.24, 2.45) is 5.92 Å². The summed E-state index contributed by atoms with van der Waals surface area (Å²) < 4.78 is 0. The highest BCUT2D eigenvalue weighted by molar-refractivity contribution is 5.87. The molecule has 102 valence electrons. The second-order valence-corrected chi connectivity index (χ2v) is 4.65. The Morgan fingerprint density at radius 3 is 2.56 bits per heavy atom. The summed E-state index contributed by atoms with van der Waals surface area (Å²) in [7, 11) is 0. The van der Waals surface area contributed by atoms with Gasteiger partial charge in [-0.3, -0.25) is 9.59 Å². The maximum absolute atomic E-state index is 11.9. The number of hydrogen-bond donors (Lipinski definition) is 2. The van der Waals surface area contributed by atoms with E-state index in [1.54, 1.807) is 0 Å². The Hall–Kier alpha value is -1.59. The van der Waals surface area contributed by atoms with Gasteiger partial charge in [0.15, 0.2) is 0 Å². The van der Waals surface area contributed by atoms with Gasteiger partial charge in [-0.15, -0.1) is 0 Å². The third-order valence-electron chi connectivity index (χ3n) is 3.38. The van der Waals surface area contributed by atoms with Gasteiger partial charge in [0.25, 0.3) is 0 Å². The molecule has 1 rings (SSSR count). The average Bonchev–Trinajstić information content (AvgIpc) is 2.34. The van der Waals surface area contributed by atoms with Crippen molar-refractivity contribution >= 4 is 17.8 Å². The molecule has 0 aromatic rings. The quantitative estimate of drug-likeness (QED) is 0.753. The SMILES string of the molecule is CCC1CCN(C(=O)CNC(C)=O)C(C(=O)O)C1. The Balaban J connectivity index is 2.64. The molecule has 0 bridgehead atoms. The van der Waals surface area contributed by atoms with Crippen LogP contribution in [0.25, 0.3) is 0 Å². The summed E-state index contributed by atoms with van der Waals surface area (Å²) in [4.78, 5) is 35.2. The fourth-order valence-corrected chi connectivity index (χ4v) is 2.24. The molecule has 0 saturated carbocycles. The van der Waals surface area contributed by atoms with E-state index in [1.807, 2.05) is 6.92 Å². The summed E-state index contributed by atoms with van der Waals surface area (Å²) in [5.74, 6) is -1.23. The number of carbonyl (C=O) groups excluding carboxylic acids is 2. The lowest BCUT2D eigenvalue weighted by molar-refractivity contribution is -0.153. The number of rotatable bonds is 4. The van der Waals surface area contributed by atoms with Gasteiger partial charge in [-0.1, -0.05) is 13.3 Å². The number of hydrogen-bond acceptors (Lipinski definition) is 3. The highest BCUT2D eigenvalue weighted by Gasteiger charge is 2.35. The van der Waals surface area contributed by atoms with Crippen molar-refractivity contribution in [1.29, 1.82) is 0 Å². The van der Waals surface area contributed by atoms with Gasteiger partial charge < -0.3 is 15.3 Å². The van der Waals surface area contributed by atoms with Crippen LogP contribution in [0, 0.1) is 5.92 Å². The highest BCUT2D eigenvalue weighted by Crippen LogP contribution is 2.25. The van der Waals surface area contributed by atoms with E-state index in [1.165, 1.54) is 11.8 Å². The number of nitrogens with zero attached hydrogens (tertiary/aromatic N) is 1. The lowest BCUT2D eigenvalue weighted by atomic mass is 9.89. The molecule has 2 atom stereocenters. The maximum atomic E-state index is 11.9. The zero-order valence-electron chi connectivity index (χ0n) is 10.8. The van der Waals surface area contributed by atoms with Crippen LogP contribution in [-0.2, 0) is 14.4 Å². The molecule has 1 aliphatic rings. The van der Waals surface area contributed by atoms with Crippen molar-refractivity contribution in [3.05, 3.63) is 0 Å². The first-order chi connectivity index (χ1) is 8.45. The second-order valence-electron chi connectivity index (χ2n) is 4.65. The number of amides is 2. The number of carbonyl (C=O) groups is 3. The van der Waals surface area contributed by atoms with Crippen LogP contribution in [0.2, 0.25) is 0 Å². The molecular formula is C12H20N2O4. The van der Waals surface area contributed by atoms with Crippen LogP contribution >= 0.6 is 0 Å². The van der Waals surface area contributed by atoms with Gasteiger partial charge in [-0.25, -0.2) is 4.79 Å². The van der Waals surface area contributed by atoms with Crippen molar-refractivity contribution in [2.75, 3.05) is 13.1 Å². The van der Waals surface area contributed by atoms with Gasteiger partial charge in [-0.2, -0.15) is 0 Å². The molecule has 0 aromatic heterocycles. The molecule has 2 amide bonds. The minimum absolute atomic E-state index is 0.129. The molecule has 0 aromatic carbocycles. The summed E-state index contributed by atoms with van der Waals surface area (Å²) in [6.45, 7) is 3.67. The van der Waals surface area contributed by atoms with Gasteiger partial charge in [0.05, 0.1) is 6.54 Å². The van der Waals surface area contributed by atoms with Crippen LogP contribution in [0.15, 0.2) is 0 Å². The van der Waals surface area contributed by atoms with E-state index in [2.05, 4.69) is 5.32 Å². The highest BCUT2D eigenvalue weighted by atomic mass is 16.4. The monoisotopic (exact) mass is 256 g/mol. The number of likely N-dealkylation sites (tertiary alicyclic amines) is 1. The van der Waals surface area contributed by atoms with Crippen molar-refractivity contribution in [2.45, 2.75) is 39.2 Å². The number of nitrogens with one attached hydrogen (secondary N) is 1. The van der Waals surface area contributed by atoms with E-state index in [0.29, 0.717) is 18.9 Å². The van der Waals surface area contributed by atoms with E-state index < -0.39 is 12.0 Å². The Bertz CT molecular complexity index is 343. The molecule has 1 aliphatic heterocycles. The fourth-order valence-electron chi connectivity index (χ4n) is 2.24. The van der Waals surface area contributed by atoms with E-state index in [0.717, 1.165) is 12.8 Å². The number of carboxylic acids is 1. The van der Waals surface area contributed by atoms with E-state index in [9.17, 15) is 14.4 Å². The predicted octanol–water partition coefficient (Wildman–Crippen LogP) is 0.224. The zero-order chi connectivity index (χ0) is 13.7. The van der Waals surface area contributed by atoms with Gasteiger partial charge >= 0.3 is 5.97 Å². The third kappa shape index (κ3) is 3.72. The van der Waals surface area contributed by atoms with Crippen molar-refractivity contribution in [3.63, 3.8) is 0 Å². The van der Waals surface area contributed by atoms with Gasteiger partial charge in [-0.05, 0) is 18.8 Å². The van der Waals surface area contributed by atoms with Crippen LogP contribution in [0.1, 0.15) is 33.1 Å². The maximum Gasteiger partial charge on any atom is 0.326 e. The topological polar surface area (TPSA) is 86.7 Å². The van der Waals surface area contributed by atoms with Crippen LogP contribution in [0.5, 0.6) is 0 Å². The largest absolute Gasteiger partial charge is 0.480 e. The standard InChI is InChI=1S/C12H20N2O4/c1-3-9-4-5-14(10(6-9)12(17)18)11(16)7-13-8(2)15/h9-10H,3-7H2,1-2H3,(H,13,15)(H,17,18). The van der Waals surface area contributed by atoms with Crippen LogP contribution in [-0.4, -0.2) is 46.9 Å². The summed E-state index contributed by atoms with van der Waals surface area (Å²) in [6.07, 6.45) is 2.25. The first kappa shape index (κ1) is 14.5. The Kier molecular flexibility index (Phi) is 5.12. The minimum Gasteiger partial charge on any atom is -0.480 e. The fraction of sp³-hybridized carbons (Fsp3) is 0.750. The Morgan fingerprint density at radius 2 is 2.06 bits per heavy atom. The lowest BCUT2D eigenvalue weighted by Crippen LogP contribution is -2.52. The first-order valence-corrected chi connectivity index (χ1v) is 6.22. The summed E-state index contributed by atoms with van der Waals surface area (Å²) in [5.41, 5.74) is 0. The van der Waals surface area contributed by atoms with Crippen molar-refractivity contribution in [3.8, 4) is 0 Å². The van der Waals surface area contributed by atoms with Crippen molar-refractivity contribution < 1.29 is 19.5 Å². The molecule has 0 aliphatic carbocycles. The van der Waals surface area contributed by atoms with Gasteiger partial charge in [0, 0.05) is 13.5 Å². The molecule has 6 nitrogen and oxygen atoms in total. The molecular weight excluding hydrogens is 236 g/mol. The normalized spacial score (nSPS) is 23.6. The molecule has 1 heterocycles. The predicted molar refractivity (Wildman–Crippen MR) is 64.8 cm³/mol. The molecule has 1 fully saturated rings. The number of piperidine rings is 1. The Labute approximate surface area is 106 Å². The summed E-state index contributed by atoms with van der Waals surface area (Å²) >= 11 is 0. The van der Waals surface area contributed by atoms with Gasteiger partial charge in [0.1, 0.15) is 6.04 Å². The minimum atomic E-state index is -0.968. The lowest BCUT2D eigenvalue weighted by Gasteiger charge is -2.37. The molecule has 0 radical (unpaired) electrons. The molecule has 2 unspecified atom stereocenters. The smallest absolute Gasteiger partial charge is 0.326 e. The first-order valence-electron chi connectivity index (χ1n) is 6.22. The van der Waals surface area contributed by atoms with Crippen molar-refractivity contribution in [1.82, 2.24) is 10.2 Å². The van der Waals surface area contributed by atoms with Crippen LogP contribution in [0.3, 0.4) is 0 Å². The summed E-state index contributed by atoms with van der Waals surface area (Å²) in [6, 6.07) is -0.759. The molecule has 6 heteroatoms. The van der Waals surface area contributed by atoms with Crippen LogP contribution in [0.4, 0.5) is 0 Å². The average molecular weight is 256 g/mol. The van der Waals surface area contributed by atoms with Gasteiger partial charge in [0.2, 0.25) is 11.8 Å². The number of carboxylic acid groups (broad SMARTS) is 1. The van der Waals surface area contributed by atoms with E-state index in [-0.39, 0.29) is 18.4 Å². The molecule has 2 N–H and O–H groups in total. The Morgan fingerprint density at radius 1 is 1.39 bits per heavy atom. The van der Waals surface area contributed by atoms with E-state index >= 15 is 0 Å². The van der Waals surface area contributed by atoms with E-state index in [4.69, 9.17) is 5.11 Å². The van der Waals surface area contributed by atoms with Crippen LogP contribution < -0.4 is 5.32 Å². The summed E-state index contributed by atoms with van der Waals surface area (Å²) in [5, 5.41) is 11.6.